The molecule has 1 aliphatic rings. The van der Waals surface area contributed by atoms with E-state index in [1.165, 1.54) is 26.2 Å². The maximum Gasteiger partial charge on any atom is 0.191 e. The number of nitrogens with zero attached hydrogens (tertiary/aromatic N) is 3. The molecular formula is C13H23N3O. The van der Waals surface area contributed by atoms with E-state index in [-0.39, 0.29) is 0 Å². The standard InChI is InChI=1S/C13H23N3O/c1-4-12-13(17-11(2)14-12)5-6-16-9-7-15(3)8-10-16/h4-10H2,1-3H3. The van der Waals surface area contributed by atoms with Gasteiger partial charge in [0.25, 0.3) is 0 Å². The van der Waals surface area contributed by atoms with Crippen LogP contribution < -0.4 is 0 Å². The Morgan fingerprint density at radius 3 is 2.59 bits per heavy atom. The Kier molecular flexibility index (Phi) is 4.18. The minimum atomic E-state index is 0.801. The molecule has 1 aromatic rings. The Labute approximate surface area is 104 Å². The van der Waals surface area contributed by atoms with E-state index in [4.69, 9.17) is 4.42 Å². The molecule has 0 atom stereocenters. The monoisotopic (exact) mass is 237 g/mol. The van der Waals surface area contributed by atoms with Crippen molar-refractivity contribution < 1.29 is 4.42 Å². The number of piperazine rings is 1. The number of likely N-dealkylation sites (N-methyl/N-ethyl adjacent to an activating group) is 1. The van der Waals surface area contributed by atoms with Crippen molar-refractivity contribution in [2.45, 2.75) is 26.7 Å². The van der Waals surface area contributed by atoms with Crippen LogP contribution in [-0.4, -0.2) is 54.6 Å². The molecule has 1 aromatic heterocycles. The summed E-state index contributed by atoms with van der Waals surface area (Å²) in [6.45, 7) is 9.85. The van der Waals surface area contributed by atoms with Crippen molar-refractivity contribution in [2.75, 3.05) is 39.8 Å². The SMILES string of the molecule is CCc1nc(C)oc1CCN1CCN(C)CC1. The Hall–Kier alpha value is -0.870. The van der Waals surface area contributed by atoms with Crippen LogP contribution in [0.4, 0.5) is 0 Å². The van der Waals surface area contributed by atoms with E-state index in [1.54, 1.807) is 0 Å². The fraction of sp³-hybridized carbons (Fsp3) is 0.769. The van der Waals surface area contributed by atoms with Gasteiger partial charge in [-0.05, 0) is 13.5 Å². The van der Waals surface area contributed by atoms with E-state index < -0.39 is 0 Å². The summed E-state index contributed by atoms with van der Waals surface area (Å²) in [6, 6.07) is 0. The van der Waals surface area contributed by atoms with Gasteiger partial charge in [-0.2, -0.15) is 0 Å². The number of aromatic nitrogens is 1. The van der Waals surface area contributed by atoms with Gasteiger partial charge < -0.3 is 14.2 Å². The molecule has 1 aliphatic heterocycles. The van der Waals surface area contributed by atoms with Crippen molar-refractivity contribution in [1.82, 2.24) is 14.8 Å². The second-order valence-electron chi connectivity index (χ2n) is 4.85. The molecule has 0 bridgehead atoms. The predicted octanol–water partition coefficient (Wildman–Crippen LogP) is 1.34. The zero-order chi connectivity index (χ0) is 12.3. The van der Waals surface area contributed by atoms with Crippen LogP contribution in [-0.2, 0) is 12.8 Å². The van der Waals surface area contributed by atoms with Gasteiger partial charge in [-0.15, -0.1) is 0 Å². The molecular weight excluding hydrogens is 214 g/mol. The molecule has 1 saturated heterocycles. The molecule has 0 aliphatic carbocycles. The fourth-order valence-corrected chi connectivity index (χ4v) is 2.32. The predicted molar refractivity (Wildman–Crippen MR) is 68.3 cm³/mol. The van der Waals surface area contributed by atoms with Crippen LogP contribution in [0.2, 0.25) is 0 Å². The van der Waals surface area contributed by atoms with Crippen LogP contribution >= 0.6 is 0 Å². The maximum atomic E-state index is 5.67. The lowest BCUT2D eigenvalue weighted by Gasteiger charge is -2.32. The van der Waals surface area contributed by atoms with Gasteiger partial charge in [0, 0.05) is 46.1 Å². The second kappa shape index (κ2) is 5.65. The smallest absolute Gasteiger partial charge is 0.191 e. The van der Waals surface area contributed by atoms with Crippen molar-refractivity contribution in [3.05, 3.63) is 17.3 Å². The van der Waals surface area contributed by atoms with Gasteiger partial charge in [-0.3, -0.25) is 0 Å². The second-order valence-corrected chi connectivity index (χ2v) is 4.85. The third-order valence-electron chi connectivity index (χ3n) is 3.47. The molecule has 17 heavy (non-hydrogen) atoms. The summed E-state index contributed by atoms with van der Waals surface area (Å²) in [5.74, 6) is 1.89. The number of aryl methyl sites for hydroxylation is 2. The zero-order valence-electron chi connectivity index (χ0n) is 11.2. The molecule has 0 radical (unpaired) electrons. The van der Waals surface area contributed by atoms with Crippen LogP contribution in [0.3, 0.4) is 0 Å². The first-order chi connectivity index (χ1) is 8.19. The highest BCUT2D eigenvalue weighted by molar-refractivity contribution is 5.10. The van der Waals surface area contributed by atoms with Crippen LogP contribution in [0.25, 0.3) is 0 Å². The molecule has 2 rings (SSSR count). The van der Waals surface area contributed by atoms with Crippen molar-refractivity contribution in [3.8, 4) is 0 Å². The molecule has 0 aromatic carbocycles. The van der Waals surface area contributed by atoms with Gasteiger partial charge in [-0.1, -0.05) is 6.92 Å². The van der Waals surface area contributed by atoms with Gasteiger partial charge >= 0.3 is 0 Å². The van der Waals surface area contributed by atoms with Crippen molar-refractivity contribution in [3.63, 3.8) is 0 Å². The summed E-state index contributed by atoms with van der Waals surface area (Å²) in [5.41, 5.74) is 1.14. The molecule has 4 heteroatoms. The Morgan fingerprint density at radius 2 is 1.94 bits per heavy atom. The average molecular weight is 237 g/mol. The molecule has 0 spiro atoms. The summed E-state index contributed by atoms with van der Waals surface area (Å²) in [4.78, 5) is 9.30. The van der Waals surface area contributed by atoms with Gasteiger partial charge in [0.15, 0.2) is 5.89 Å². The van der Waals surface area contributed by atoms with Gasteiger partial charge in [0.05, 0.1) is 5.69 Å². The Bertz CT molecular complexity index is 354. The lowest BCUT2D eigenvalue weighted by molar-refractivity contribution is 0.153. The van der Waals surface area contributed by atoms with Gasteiger partial charge in [-0.25, -0.2) is 4.98 Å². The largest absolute Gasteiger partial charge is 0.446 e. The number of oxazole rings is 1. The van der Waals surface area contributed by atoms with Crippen LogP contribution in [0.1, 0.15) is 24.3 Å². The normalized spacial score (nSPS) is 18.8. The molecule has 0 amide bonds. The highest BCUT2D eigenvalue weighted by Crippen LogP contribution is 2.13. The molecule has 96 valence electrons. The summed E-state index contributed by atoms with van der Waals surface area (Å²) in [7, 11) is 2.19. The number of hydrogen-bond acceptors (Lipinski definition) is 4. The van der Waals surface area contributed by atoms with Gasteiger partial charge in [0.1, 0.15) is 5.76 Å². The number of hydrogen-bond donors (Lipinski definition) is 0. The van der Waals surface area contributed by atoms with Crippen LogP contribution in [0, 0.1) is 6.92 Å². The molecule has 2 heterocycles. The van der Waals surface area contributed by atoms with Crippen molar-refractivity contribution in [1.29, 1.82) is 0 Å². The molecule has 0 unspecified atom stereocenters. The topological polar surface area (TPSA) is 32.5 Å². The first-order valence-electron chi connectivity index (χ1n) is 6.55. The lowest BCUT2D eigenvalue weighted by atomic mass is 10.2. The van der Waals surface area contributed by atoms with Crippen molar-refractivity contribution >= 4 is 0 Å². The quantitative estimate of drug-likeness (QED) is 0.791. The fourth-order valence-electron chi connectivity index (χ4n) is 2.32. The summed E-state index contributed by atoms with van der Waals surface area (Å²) < 4.78 is 5.67. The third kappa shape index (κ3) is 3.30. The van der Waals surface area contributed by atoms with E-state index in [2.05, 4.69) is 28.8 Å². The molecule has 0 saturated carbocycles. The zero-order valence-corrected chi connectivity index (χ0v) is 11.2. The molecule has 0 N–H and O–H groups in total. The Balaban J connectivity index is 1.85. The van der Waals surface area contributed by atoms with E-state index in [0.29, 0.717) is 0 Å². The van der Waals surface area contributed by atoms with Crippen LogP contribution in [0.5, 0.6) is 0 Å². The van der Waals surface area contributed by atoms with Crippen LogP contribution in [0.15, 0.2) is 4.42 Å². The first-order valence-corrected chi connectivity index (χ1v) is 6.55. The van der Waals surface area contributed by atoms with Gasteiger partial charge in [0.2, 0.25) is 0 Å². The highest BCUT2D eigenvalue weighted by Gasteiger charge is 2.15. The van der Waals surface area contributed by atoms with Crippen molar-refractivity contribution in [2.24, 2.45) is 0 Å². The minimum Gasteiger partial charge on any atom is -0.446 e. The maximum absolute atomic E-state index is 5.67. The lowest BCUT2D eigenvalue weighted by Crippen LogP contribution is -2.45. The Morgan fingerprint density at radius 1 is 1.24 bits per heavy atom. The third-order valence-corrected chi connectivity index (χ3v) is 3.47. The summed E-state index contributed by atoms with van der Waals surface area (Å²) in [6.07, 6.45) is 1.96. The molecule has 4 nitrogen and oxygen atoms in total. The molecule has 1 fully saturated rings. The van der Waals surface area contributed by atoms with E-state index in [1.807, 2.05) is 6.92 Å². The highest BCUT2D eigenvalue weighted by atomic mass is 16.4. The van der Waals surface area contributed by atoms with E-state index >= 15 is 0 Å². The number of rotatable bonds is 4. The first kappa shape index (κ1) is 12.6. The summed E-state index contributed by atoms with van der Waals surface area (Å²) in [5, 5.41) is 0. The van der Waals surface area contributed by atoms with E-state index in [0.717, 1.165) is 36.7 Å². The minimum absolute atomic E-state index is 0.801. The average Bonchev–Trinajstić information content (AvgIpc) is 2.69. The van der Waals surface area contributed by atoms with E-state index in [9.17, 15) is 0 Å². The summed E-state index contributed by atoms with van der Waals surface area (Å²) >= 11 is 0.